The molecule has 1 amide bonds. The minimum atomic E-state index is -0.761. The molecular formula is C26H27FN4O4. The largest absolute Gasteiger partial charge is 0.496 e. The van der Waals surface area contributed by atoms with E-state index in [-0.39, 0.29) is 23.6 Å². The van der Waals surface area contributed by atoms with Crippen LogP contribution in [-0.4, -0.2) is 57.0 Å². The Morgan fingerprint density at radius 1 is 1.14 bits per heavy atom. The van der Waals surface area contributed by atoms with Gasteiger partial charge in [-0.1, -0.05) is 6.08 Å². The number of carbonyl (C=O) groups is 2. The molecule has 1 aromatic carbocycles. The van der Waals surface area contributed by atoms with Gasteiger partial charge in [0.1, 0.15) is 23.5 Å². The lowest BCUT2D eigenvalue weighted by molar-refractivity contribution is -0.145. The molecule has 35 heavy (non-hydrogen) atoms. The number of carboxylic acids is 1. The van der Waals surface area contributed by atoms with Crippen molar-refractivity contribution in [3.8, 4) is 17.0 Å². The van der Waals surface area contributed by atoms with Crippen molar-refractivity contribution in [1.82, 2.24) is 19.9 Å². The van der Waals surface area contributed by atoms with Gasteiger partial charge in [0.05, 0.1) is 18.7 Å². The van der Waals surface area contributed by atoms with E-state index in [2.05, 4.69) is 15.0 Å². The Labute approximate surface area is 201 Å². The molecule has 5 rings (SSSR count). The zero-order chi connectivity index (χ0) is 24.5. The van der Waals surface area contributed by atoms with Crippen molar-refractivity contribution in [2.75, 3.05) is 20.2 Å². The number of aliphatic carboxylic acids is 1. The van der Waals surface area contributed by atoms with Gasteiger partial charge >= 0.3 is 5.97 Å². The first-order valence-electron chi connectivity index (χ1n) is 11.8. The van der Waals surface area contributed by atoms with Gasteiger partial charge < -0.3 is 19.7 Å². The van der Waals surface area contributed by atoms with Gasteiger partial charge in [-0.3, -0.25) is 9.59 Å². The highest BCUT2D eigenvalue weighted by molar-refractivity contribution is 5.95. The number of rotatable bonds is 5. The summed E-state index contributed by atoms with van der Waals surface area (Å²) in [6.45, 7) is 1.12. The second kappa shape index (κ2) is 9.48. The van der Waals surface area contributed by atoms with Crippen LogP contribution >= 0.6 is 0 Å². The number of ether oxygens (including phenoxy) is 1. The summed E-state index contributed by atoms with van der Waals surface area (Å²) in [5, 5.41) is 9.95. The number of nitrogens with zero attached hydrogens (tertiary/aromatic N) is 3. The van der Waals surface area contributed by atoms with Crippen molar-refractivity contribution in [2.45, 2.75) is 32.1 Å². The fourth-order valence-electron chi connectivity index (χ4n) is 5.15. The maximum atomic E-state index is 14.0. The van der Waals surface area contributed by atoms with E-state index in [0.717, 1.165) is 16.7 Å². The van der Waals surface area contributed by atoms with Crippen LogP contribution < -0.4 is 4.74 Å². The molecule has 2 N–H and O–H groups in total. The summed E-state index contributed by atoms with van der Waals surface area (Å²) in [7, 11) is 1.54. The summed E-state index contributed by atoms with van der Waals surface area (Å²) in [5.74, 6) is -0.908. The lowest BCUT2D eigenvalue weighted by Gasteiger charge is -2.32. The summed E-state index contributed by atoms with van der Waals surface area (Å²) >= 11 is 0. The first-order valence-corrected chi connectivity index (χ1v) is 11.8. The van der Waals surface area contributed by atoms with Gasteiger partial charge in [-0.2, -0.15) is 0 Å². The number of hydrogen-bond donors (Lipinski definition) is 2. The number of carbonyl (C=O) groups excluding carboxylic acids is 1. The van der Waals surface area contributed by atoms with Gasteiger partial charge in [-0.25, -0.2) is 14.4 Å². The molecule has 1 aliphatic carbocycles. The highest BCUT2D eigenvalue weighted by Crippen LogP contribution is 2.36. The van der Waals surface area contributed by atoms with E-state index >= 15 is 0 Å². The third kappa shape index (κ3) is 4.50. The van der Waals surface area contributed by atoms with Crippen molar-refractivity contribution in [2.24, 2.45) is 11.8 Å². The molecule has 182 valence electrons. The average molecular weight is 479 g/mol. The normalized spacial score (nSPS) is 20.5. The van der Waals surface area contributed by atoms with Crippen LogP contribution in [0.5, 0.6) is 5.75 Å². The SMILES string of the molecule is COc1ccc(F)cc1-c1ncnc2[nH]c(C3=CCN(C(=O)[C@H]4CC[C@H](C(=O)O)CC4)CC3)cc12. The number of halogens is 1. The molecule has 2 aliphatic rings. The van der Waals surface area contributed by atoms with E-state index in [9.17, 15) is 19.1 Å². The van der Waals surface area contributed by atoms with Crippen LogP contribution in [0.3, 0.4) is 0 Å². The van der Waals surface area contributed by atoms with Crippen molar-refractivity contribution >= 4 is 28.5 Å². The minimum absolute atomic E-state index is 0.0901. The van der Waals surface area contributed by atoms with E-state index in [1.165, 1.54) is 25.6 Å². The van der Waals surface area contributed by atoms with Crippen LogP contribution in [0.4, 0.5) is 4.39 Å². The van der Waals surface area contributed by atoms with Gasteiger partial charge in [0.15, 0.2) is 0 Å². The number of fused-ring (bicyclic) bond motifs is 1. The molecule has 0 spiro atoms. The topological polar surface area (TPSA) is 108 Å². The maximum absolute atomic E-state index is 14.0. The molecule has 0 radical (unpaired) electrons. The molecule has 3 aromatic rings. The lowest BCUT2D eigenvalue weighted by Crippen LogP contribution is -2.40. The van der Waals surface area contributed by atoms with E-state index in [4.69, 9.17) is 4.74 Å². The van der Waals surface area contributed by atoms with Crippen molar-refractivity contribution in [3.63, 3.8) is 0 Å². The quantitative estimate of drug-likeness (QED) is 0.567. The summed E-state index contributed by atoms with van der Waals surface area (Å²) in [4.78, 5) is 38.1. The standard InChI is InChI=1S/C26H27FN4O4/c1-35-22-7-6-18(27)12-19(22)23-20-13-21(30-24(20)29-14-28-23)15-8-10-31(11-9-15)25(32)16-2-4-17(5-3-16)26(33)34/h6-8,12-14,16-17H,2-5,9-11H2,1H3,(H,33,34)(H,28,29,30)/t16-,17-. The molecule has 0 saturated heterocycles. The number of benzene rings is 1. The number of hydrogen-bond acceptors (Lipinski definition) is 5. The fraction of sp³-hybridized carbons (Fsp3) is 0.385. The Morgan fingerprint density at radius 3 is 2.60 bits per heavy atom. The Bertz CT molecular complexity index is 1310. The molecule has 2 aromatic heterocycles. The summed E-state index contributed by atoms with van der Waals surface area (Å²) < 4.78 is 19.4. The predicted octanol–water partition coefficient (Wildman–Crippen LogP) is 4.28. The van der Waals surface area contributed by atoms with Crippen LogP contribution in [-0.2, 0) is 9.59 Å². The molecule has 0 unspecified atom stereocenters. The minimum Gasteiger partial charge on any atom is -0.496 e. The zero-order valence-corrected chi connectivity index (χ0v) is 19.5. The Morgan fingerprint density at radius 2 is 1.91 bits per heavy atom. The van der Waals surface area contributed by atoms with Gasteiger partial charge in [-0.15, -0.1) is 0 Å². The van der Waals surface area contributed by atoms with E-state index < -0.39 is 5.97 Å². The number of H-pyrrole nitrogens is 1. The van der Waals surface area contributed by atoms with Gasteiger partial charge in [0.25, 0.3) is 0 Å². The molecule has 1 aliphatic heterocycles. The number of methoxy groups -OCH3 is 1. The first kappa shape index (κ1) is 23.0. The second-order valence-electron chi connectivity index (χ2n) is 9.16. The monoisotopic (exact) mass is 478 g/mol. The molecule has 9 heteroatoms. The number of aromatic amines is 1. The number of carboxylic acid groups (broad SMARTS) is 1. The molecule has 3 heterocycles. The molecule has 0 bridgehead atoms. The summed E-state index contributed by atoms with van der Waals surface area (Å²) in [6.07, 6.45) is 6.58. The third-order valence-corrected chi connectivity index (χ3v) is 7.13. The third-order valence-electron chi connectivity index (χ3n) is 7.13. The number of amides is 1. The predicted molar refractivity (Wildman–Crippen MR) is 128 cm³/mol. The fourth-order valence-corrected chi connectivity index (χ4v) is 5.15. The smallest absolute Gasteiger partial charge is 0.306 e. The first-order chi connectivity index (χ1) is 16.9. The van der Waals surface area contributed by atoms with E-state index in [0.29, 0.717) is 67.8 Å². The second-order valence-corrected chi connectivity index (χ2v) is 9.16. The molecular weight excluding hydrogens is 451 g/mol. The number of aromatic nitrogens is 3. The molecule has 0 atom stereocenters. The van der Waals surface area contributed by atoms with Crippen molar-refractivity contribution in [3.05, 3.63) is 48.2 Å². The van der Waals surface area contributed by atoms with Gasteiger partial charge in [0, 0.05) is 35.7 Å². The molecule has 8 nitrogen and oxygen atoms in total. The van der Waals surface area contributed by atoms with Gasteiger partial charge in [-0.05, 0) is 61.9 Å². The van der Waals surface area contributed by atoms with Crippen LogP contribution in [0.15, 0.2) is 36.7 Å². The Balaban J connectivity index is 1.34. The van der Waals surface area contributed by atoms with Crippen molar-refractivity contribution in [1.29, 1.82) is 0 Å². The number of nitrogens with one attached hydrogen (secondary N) is 1. The lowest BCUT2D eigenvalue weighted by atomic mass is 9.81. The average Bonchev–Trinajstić information content (AvgIpc) is 3.33. The summed E-state index contributed by atoms with van der Waals surface area (Å²) in [5.41, 5.74) is 3.76. The highest BCUT2D eigenvalue weighted by atomic mass is 19.1. The highest BCUT2D eigenvalue weighted by Gasteiger charge is 2.32. The maximum Gasteiger partial charge on any atom is 0.306 e. The molecule has 1 saturated carbocycles. The Kier molecular flexibility index (Phi) is 6.23. The van der Waals surface area contributed by atoms with Crippen LogP contribution in [0.2, 0.25) is 0 Å². The zero-order valence-electron chi connectivity index (χ0n) is 19.5. The van der Waals surface area contributed by atoms with E-state index in [1.54, 1.807) is 6.07 Å². The van der Waals surface area contributed by atoms with E-state index in [1.807, 2.05) is 17.0 Å². The Hall–Kier alpha value is -3.75. The van der Waals surface area contributed by atoms with Crippen molar-refractivity contribution < 1.29 is 23.8 Å². The molecule has 1 fully saturated rings. The van der Waals surface area contributed by atoms with Crippen LogP contribution in [0.1, 0.15) is 37.8 Å². The van der Waals surface area contributed by atoms with Gasteiger partial charge in [0.2, 0.25) is 5.91 Å². The van der Waals surface area contributed by atoms with Crippen LogP contribution in [0.25, 0.3) is 27.9 Å². The summed E-state index contributed by atoms with van der Waals surface area (Å²) in [6, 6.07) is 6.29. The van der Waals surface area contributed by atoms with Crippen LogP contribution in [0, 0.1) is 17.7 Å².